The fourth-order valence-electron chi connectivity index (χ4n) is 3.78. The van der Waals surface area contributed by atoms with Gasteiger partial charge in [0, 0.05) is 24.1 Å². The summed E-state index contributed by atoms with van der Waals surface area (Å²) in [6.45, 7) is 7.64. The lowest BCUT2D eigenvalue weighted by molar-refractivity contribution is -0.137. The highest BCUT2D eigenvalue weighted by molar-refractivity contribution is 7.80. The van der Waals surface area contributed by atoms with Crippen LogP contribution in [0.1, 0.15) is 38.8 Å². The van der Waals surface area contributed by atoms with Crippen molar-refractivity contribution in [3.05, 3.63) is 53.6 Å². The van der Waals surface area contributed by atoms with Crippen molar-refractivity contribution in [3.8, 4) is 0 Å². The molecule has 30 heavy (non-hydrogen) atoms. The van der Waals surface area contributed by atoms with E-state index in [0.29, 0.717) is 11.4 Å². The number of nitrogens with zero attached hydrogens (tertiary/aromatic N) is 1. The van der Waals surface area contributed by atoms with Crippen LogP contribution in [0.15, 0.2) is 42.5 Å². The van der Waals surface area contributed by atoms with Crippen molar-refractivity contribution in [1.29, 1.82) is 0 Å². The van der Waals surface area contributed by atoms with Gasteiger partial charge in [-0.15, -0.1) is 0 Å². The number of carbonyl (C=O) groups excluding carboxylic acids is 1. The number of carbonyl (C=O) groups is 1. The minimum Gasteiger partial charge on any atom is -0.362 e. The zero-order chi connectivity index (χ0) is 22.5. The third-order valence-corrected chi connectivity index (χ3v) is 5.93. The number of nitrogens with one attached hydrogen (secondary N) is 2. The molecule has 1 heterocycles. The van der Waals surface area contributed by atoms with Gasteiger partial charge in [-0.3, -0.25) is 4.79 Å². The van der Waals surface area contributed by atoms with E-state index in [-0.39, 0.29) is 10.9 Å². The van der Waals surface area contributed by atoms with E-state index in [0.717, 1.165) is 23.4 Å². The number of rotatable bonds is 2. The van der Waals surface area contributed by atoms with Crippen molar-refractivity contribution in [3.63, 3.8) is 0 Å². The Labute approximate surface area is 179 Å². The van der Waals surface area contributed by atoms with Crippen molar-refractivity contribution >= 4 is 40.2 Å². The summed E-state index contributed by atoms with van der Waals surface area (Å²) in [7, 11) is 1.90. The van der Waals surface area contributed by atoms with Gasteiger partial charge in [0.2, 0.25) is 0 Å². The number of alkyl halides is 3. The number of anilines is 3. The lowest BCUT2D eigenvalue weighted by Gasteiger charge is -2.48. The summed E-state index contributed by atoms with van der Waals surface area (Å²) in [6, 6.07) is 10.3. The fourth-order valence-corrected chi connectivity index (χ4v) is 4.02. The molecular weight excluding hydrogens is 411 g/mol. The van der Waals surface area contributed by atoms with Gasteiger partial charge in [0.05, 0.1) is 16.5 Å². The molecule has 0 fully saturated rings. The molecule has 0 aliphatic carbocycles. The first-order valence-electron chi connectivity index (χ1n) is 9.43. The fraction of sp³-hybridized carbons (Fsp3) is 0.364. The number of Topliss-reactive ketones (excluding diaryl/α,β-unsaturated/α-hetero) is 1. The second-order valence-electron chi connectivity index (χ2n) is 8.46. The molecule has 0 saturated heterocycles. The standard InChI is InChI=1S/C22H24F3N3OS/c1-20(2)16-12-15(10-11-17(16)28(5)21(3,4)18(20)29)27-19(30)26-14-8-6-13(7-9-14)22(23,24)25/h6-12H,1-5H3,(H2,26,27,30). The lowest BCUT2D eigenvalue weighted by atomic mass is 9.69. The topological polar surface area (TPSA) is 44.4 Å². The van der Waals surface area contributed by atoms with Crippen molar-refractivity contribution in [2.75, 3.05) is 22.6 Å². The van der Waals surface area contributed by atoms with Crippen molar-refractivity contribution in [1.82, 2.24) is 0 Å². The van der Waals surface area contributed by atoms with Gasteiger partial charge in [-0.1, -0.05) is 0 Å². The molecule has 1 aliphatic heterocycles. The largest absolute Gasteiger partial charge is 0.416 e. The minimum absolute atomic E-state index is 0.118. The Bertz CT molecular complexity index is 998. The van der Waals surface area contributed by atoms with Crippen LogP contribution in [-0.2, 0) is 16.4 Å². The Kier molecular flexibility index (Phi) is 5.35. The average molecular weight is 436 g/mol. The van der Waals surface area contributed by atoms with Crippen LogP contribution in [0.4, 0.5) is 30.2 Å². The average Bonchev–Trinajstić information content (AvgIpc) is 2.65. The van der Waals surface area contributed by atoms with Gasteiger partial charge in [0.1, 0.15) is 0 Å². The molecule has 2 N–H and O–H groups in total. The van der Waals surface area contributed by atoms with Crippen LogP contribution in [0, 0.1) is 0 Å². The maximum atomic E-state index is 13.0. The van der Waals surface area contributed by atoms with Crippen LogP contribution < -0.4 is 15.5 Å². The smallest absolute Gasteiger partial charge is 0.362 e. The monoisotopic (exact) mass is 435 g/mol. The molecule has 0 atom stereocenters. The second kappa shape index (κ2) is 7.27. The normalized spacial score (nSPS) is 17.3. The molecule has 0 radical (unpaired) electrons. The van der Waals surface area contributed by atoms with Crippen LogP contribution in [0.2, 0.25) is 0 Å². The zero-order valence-electron chi connectivity index (χ0n) is 17.4. The van der Waals surface area contributed by atoms with E-state index in [9.17, 15) is 18.0 Å². The third kappa shape index (κ3) is 3.88. The molecule has 160 valence electrons. The van der Waals surface area contributed by atoms with Gasteiger partial charge in [-0.25, -0.2) is 0 Å². The number of benzene rings is 2. The van der Waals surface area contributed by atoms with Crippen molar-refractivity contribution in [2.24, 2.45) is 0 Å². The van der Waals surface area contributed by atoms with Crippen LogP contribution >= 0.6 is 12.2 Å². The van der Waals surface area contributed by atoms with E-state index in [1.807, 2.05) is 57.8 Å². The first-order chi connectivity index (χ1) is 13.7. The van der Waals surface area contributed by atoms with Gasteiger partial charge in [0.25, 0.3) is 0 Å². The first-order valence-corrected chi connectivity index (χ1v) is 9.84. The number of halogens is 3. The van der Waals surface area contributed by atoms with Crippen LogP contribution in [0.25, 0.3) is 0 Å². The van der Waals surface area contributed by atoms with E-state index >= 15 is 0 Å². The van der Waals surface area contributed by atoms with Crippen molar-refractivity contribution < 1.29 is 18.0 Å². The quantitative estimate of drug-likeness (QED) is 0.602. The van der Waals surface area contributed by atoms with Gasteiger partial charge in [-0.2, -0.15) is 13.2 Å². The van der Waals surface area contributed by atoms with E-state index in [1.165, 1.54) is 12.1 Å². The summed E-state index contributed by atoms with van der Waals surface area (Å²) in [4.78, 5) is 15.0. The first kappa shape index (κ1) is 22.1. The van der Waals surface area contributed by atoms with Crippen LogP contribution in [0.3, 0.4) is 0 Å². The summed E-state index contributed by atoms with van der Waals surface area (Å²) in [5.74, 6) is 0.118. The van der Waals surface area contributed by atoms with Gasteiger partial charge in [-0.05, 0) is 87.9 Å². The van der Waals surface area contributed by atoms with Gasteiger partial charge in [0.15, 0.2) is 10.9 Å². The number of fused-ring (bicyclic) bond motifs is 1. The Morgan fingerprint density at radius 2 is 1.50 bits per heavy atom. The summed E-state index contributed by atoms with van der Waals surface area (Å²) in [6.07, 6.45) is -4.38. The maximum Gasteiger partial charge on any atom is 0.416 e. The van der Waals surface area contributed by atoms with Crippen LogP contribution in [0.5, 0.6) is 0 Å². The molecule has 3 rings (SSSR count). The molecule has 0 spiro atoms. The molecule has 4 nitrogen and oxygen atoms in total. The van der Waals surface area contributed by atoms with E-state index in [4.69, 9.17) is 12.2 Å². The van der Waals surface area contributed by atoms with E-state index < -0.39 is 22.7 Å². The lowest BCUT2D eigenvalue weighted by Crippen LogP contribution is -2.58. The summed E-state index contributed by atoms with van der Waals surface area (Å²) >= 11 is 5.30. The predicted octanol–water partition coefficient (Wildman–Crippen LogP) is 5.59. The van der Waals surface area contributed by atoms with Crippen molar-refractivity contribution in [2.45, 2.75) is 44.8 Å². The maximum absolute atomic E-state index is 13.0. The summed E-state index contributed by atoms with van der Waals surface area (Å²) in [5, 5.41) is 6.16. The molecule has 2 aromatic carbocycles. The van der Waals surface area contributed by atoms with Crippen LogP contribution in [-0.4, -0.2) is 23.5 Å². The Balaban J connectivity index is 1.80. The molecule has 0 unspecified atom stereocenters. The molecule has 2 aromatic rings. The SMILES string of the molecule is CN1c2ccc(NC(=S)Nc3ccc(C(F)(F)F)cc3)cc2C(C)(C)C(=O)C1(C)C. The van der Waals surface area contributed by atoms with Gasteiger partial charge >= 0.3 is 6.18 Å². The number of ketones is 1. The minimum atomic E-state index is -4.38. The molecule has 8 heteroatoms. The number of likely N-dealkylation sites (N-methyl/N-ethyl adjacent to an activating group) is 1. The molecule has 0 aromatic heterocycles. The summed E-state index contributed by atoms with van der Waals surface area (Å²) < 4.78 is 38.1. The third-order valence-electron chi connectivity index (χ3n) is 5.72. The Morgan fingerprint density at radius 1 is 0.967 bits per heavy atom. The number of thiocarbonyl (C=S) groups is 1. The van der Waals surface area contributed by atoms with Gasteiger partial charge < -0.3 is 15.5 Å². The highest BCUT2D eigenvalue weighted by Gasteiger charge is 2.48. The molecule has 0 saturated carbocycles. The van der Waals surface area contributed by atoms with E-state index in [1.54, 1.807) is 0 Å². The zero-order valence-corrected chi connectivity index (χ0v) is 18.3. The Hall–Kier alpha value is -2.61. The van der Waals surface area contributed by atoms with E-state index in [2.05, 4.69) is 10.6 Å². The molecule has 0 bridgehead atoms. The number of hydrogen-bond acceptors (Lipinski definition) is 3. The predicted molar refractivity (Wildman–Crippen MR) is 118 cm³/mol. The Morgan fingerprint density at radius 3 is 2.07 bits per heavy atom. The molecular formula is C22H24F3N3OS. The highest BCUT2D eigenvalue weighted by Crippen LogP contribution is 2.44. The highest BCUT2D eigenvalue weighted by atomic mass is 32.1. The number of hydrogen-bond donors (Lipinski definition) is 2. The summed E-state index contributed by atoms with van der Waals surface area (Å²) in [5.41, 5.74) is 0.965. The molecule has 1 aliphatic rings. The molecule has 0 amide bonds. The second-order valence-corrected chi connectivity index (χ2v) is 8.87.